The largest absolute Gasteiger partial charge is 0.372 e. The van der Waals surface area contributed by atoms with Crippen molar-refractivity contribution in [1.29, 1.82) is 0 Å². The Morgan fingerprint density at radius 2 is 1.81 bits per heavy atom. The third-order valence-corrected chi connectivity index (χ3v) is 7.05. The molecule has 178 valence electrons. The summed E-state index contributed by atoms with van der Waals surface area (Å²) < 4.78 is 44.9. The minimum Gasteiger partial charge on any atom is -0.372 e. The van der Waals surface area contributed by atoms with Crippen molar-refractivity contribution in [1.82, 2.24) is 14.9 Å². The zero-order valence-electron chi connectivity index (χ0n) is 19.4. The Morgan fingerprint density at radius 3 is 2.32 bits per heavy atom. The Labute approximate surface area is 186 Å². The van der Waals surface area contributed by atoms with E-state index in [1.54, 1.807) is 32.9 Å². The predicted octanol–water partition coefficient (Wildman–Crippen LogP) is 3.02. The summed E-state index contributed by atoms with van der Waals surface area (Å²) in [6.45, 7) is 13.4. The van der Waals surface area contributed by atoms with Crippen LogP contribution < -0.4 is 10.0 Å². The maximum atomic E-state index is 13.6. The molecule has 0 spiro atoms. The molecule has 2 N–H and O–H groups in total. The van der Waals surface area contributed by atoms with E-state index in [-0.39, 0.29) is 31.1 Å². The lowest BCUT2D eigenvalue weighted by Crippen LogP contribution is -2.45. The van der Waals surface area contributed by atoms with Crippen LogP contribution in [0.5, 0.6) is 0 Å². The van der Waals surface area contributed by atoms with Crippen LogP contribution in [0.3, 0.4) is 0 Å². The number of carbonyl (C=O) groups excluding carboxylic acids is 1. The lowest BCUT2D eigenvalue weighted by atomic mass is 10.2. The number of allylic oxidation sites excluding steroid dienone is 4. The van der Waals surface area contributed by atoms with Crippen molar-refractivity contribution in [2.75, 3.05) is 26.3 Å². The molecule has 0 aliphatic carbocycles. The standard InChI is InChI=1S/C22H38FN3O4S/c1-7-19(11-12-20(14-23)26-15-17(2)30-18(3)16-26)25-21(27)10-8-9-13-24-31(28,29)22(4,5)6/h7,11-12,17-18,24H,1,8-10,13-16H2,2-6H3,(H,25,27)/b19-11+,20-12+/t17-,18+. The SMILES string of the molecule is C=C/C(=C\C=C(/CF)N1C[C@@H](C)O[C@@H](C)C1)NC(=O)CCCCNS(=O)(=O)C(C)(C)C. The van der Waals surface area contributed by atoms with Gasteiger partial charge in [0, 0.05) is 37.4 Å². The monoisotopic (exact) mass is 459 g/mol. The van der Waals surface area contributed by atoms with Gasteiger partial charge in [0.05, 0.1) is 17.0 Å². The maximum absolute atomic E-state index is 13.6. The average molecular weight is 460 g/mol. The van der Waals surface area contributed by atoms with E-state index in [1.807, 2.05) is 18.7 Å². The number of morpholine rings is 1. The van der Waals surface area contributed by atoms with E-state index in [0.717, 1.165) is 0 Å². The number of unbranched alkanes of at least 4 members (excludes halogenated alkanes) is 1. The van der Waals surface area contributed by atoms with Gasteiger partial charge in [-0.15, -0.1) is 0 Å². The quantitative estimate of drug-likeness (QED) is 0.366. The fraction of sp³-hybridized carbons (Fsp3) is 0.682. The van der Waals surface area contributed by atoms with Gasteiger partial charge >= 0.3 is 0 Å². The number of carbonyl (C=O) groups is 1. The fourth-order valence-corrected chi connectivity index (χ4v) is 3.90. The second-order valence-corrected chi connectivity index (χ2v) is 11.3. The van der Waals surface area contributed by atoms with E-state index in [0.29, 0.717) is 37.3 Å². The minimum atomic E-state index is -3.38. The second kappa shape index (κ2) is 12.4. The van der Waals surface area contributed by atoms with E-state index in [1.165, 1.54) is 6.08 Å². The van der Waals surface area contributed by atoms with Gasteiger partial charge in [-0.25, -0.2) is 17.5 Å². The molecule has 1 aliphatic heterocycles. The molecule has 7 nitrogen and oxygen atoms in total. The zero-order valence-corrected chi connectivity index (χ0v) is 20.2. The third-order valence-electron chi connectivity index (χ3n) is 4.85. The molecule has 0 aromatic rings. The van der Waals surface area contributed by atoms with Gasteiger partial charge in [-0.1, -0.05) is 6.58 Å². The topological polar surface area (TPSA) is 87.7 Å². The van der Waals surface area contributed by atoms with Crippen molar-refractivity contribution in [3.8, 4) is 0 Å². The highest BCUT2D eigenvalue weighted by atomic mass is 32.2. The van der Waals surface area contributed by atoms with Crippen LogP contribution in [0, 0.1) is 0 Å². The first-order chi connectivity index (χ1) is 14.4. The Morgan fingerprint density at radius 1 is 1.19 bits per heavy atom. The second-order valence-electron chi connectivity index (χ2n) is 8.80. The van der Waals surface area contributed by atoms with Gasteiger partial charge in [0.2, 0.25) is 15.9 Å². The summed E-state index contributed by atoms with van der Waals surface area (Å²) in [5.74, 6) is -0.200. The van der Waals surface area contributed by atoms with Crippen LogP contribution in [-0.4, -0.2) is 62.5 Å². The van der Waals surface area contributed by atoms with Gasteiger partial charge in [0.1, 0.15) is 6.67 Å². The number of hydrogen-bond donors (Lipinski definition) is 2. The molecule has 0 aromatic carbocycles. The van der Waals surface area contributed by atoms with Crippen LogP contribution in [0.1, 0.15) is 53.9 Å². The molecule has 1 amide bonds. The number of hydrogen-bond acceptors (Lipinski definition) is 5. The lowest BCUT2D eigenvalue weighted by Gasteiger charge is -2.37. The van der Waals surface area contributed by atoms with Crippen LogP contribution in [0.15, 0.2) is 36.2 Å². The summed E-state index contributed by atoms with van der Waals surface area (Å²) in [6.07, 6.45) is 6.19. The maximum Gasteiger partial charge on any atom is 0.224 e. The summed E-state index contributed by atoms with van der Waals surface area (Å²) in [5, 5.41) is 2.75. The van der Waals surface area contributed by atoms with Crippen LogP contribution in [0.25, 0.3) is 0 Å². The smallest absolute Gasteiger partial charge is 0.224 e. The van der Waals surface area contributed by atoms with Gasteiger partial charge < -0.3 is 15.0 Å². The van der Waals surface area contributed by atoms with Gasteiger partial charge in [0.25, 0.3) is 0 Å². The highest BCUT2D eigenvalue weighted by Gasteiger charge is 2.28. The number of nitrogens with one attached hydrogen (secondary N) is 2. The van der Waals surface area contributed by atoms with Crippen LogP contribution >= 0.6 is 0 Å². The van der Waals surface area contributed by atoms with Crippen molar-refractivity contribution >= 4 is 15.9 Å². The molecular formula is C22H38FN3O4S. The van der Waals surface area contributed by atoms with Gasteiger partial charge in [0.15, 0.2) is 0 Å². The van der Waals surface area contributed by atoms with Crippen molar-refractivity contribution in [3.63, 3.8) is 0 Å². The summed E-state index contributed by atoms with van der Waals surface area (Å²) in [6, 6.07) is 0. The van der Waals surface area contributed by atoms with E-state index < -0.39 is 21.4 Å². The lowest BCUT2D eigenvalue weighted by molar-refractivity contribution is -0.120. The molecule has 0 aromatic heterocycles. The van der Waals surface area contributed by atoms with E-state index >= 15 is 0 Å². The Balaban J connectivity index is 2.53. The Hall–Kier alpha value is -1.71. The van der Waals surface area contributed by atoms with Crippen molar-refractivity contribution < 1.29 is 22.3 Å². The molecule has 0 unspecified atom stereocenters. The average Bonchev–Trinajstić information content (AvgIpc) is 2.65. The van der Waals surface area contributed by atoms with E-state index in [9.17, 15) is 17.6 Å². The summed E-state index contributed by atoms with van der Waals surface area (Å²) in [4.78, 5) is 14.1. The molecule has 1 rings (SSSR count). The first kappa shape index (κ1) is 27.3. The molecular weight excluding hydrogens is 421 g/mol. The molecule has 1 heterocycles. The minimum absolute atomic E-state index is 0.0223. The number of rotatable bonds is 11. The number of amides is 1. The molecule has 1 saturated heterocycles. The van der Waals surface area contributed by atoms with Crippen LogP contribution in [0.4, 0.5) is 4.39 Å². The first-order valence-electron chi connectivity index (χ1n) is 10.7. The third kappa shape index (κ3) is 9.53. The molecule has 0 saturated carbocycles. The zero-order chi connectivity index (χ0) is 23.7. The van der Waals surface area contributed by atoms with Crippen molar-refractivity contribution in [3.05, 3.63) is 36.2 Å². The summed E-state index contributed by atoms with van der Waals surface area (Å²) >= 11 is 0. The van der Waals surface area contributed by atoms with Crippen LogP contribution in [-0.2, 0) is 19.6 Å². The predicted molar refractivity (Wildman–Crippen MR) is 123 cm³/mol. The van der Waals surface area contributed by atoms with Crippen molar-refractivity contribution in [2.45, 2.75) is 70.8 Å². The molecule has 1 aliphatic rings. The van der Waals surface area contributed by atoms with Gasteiger partial charge in [-0.2, -0.15) is 0 Å². The normalized spacial score (nSPS) is 21.2. The van der Waals surface area contributed by atoms with Crippen molar-refractivity contribution in [2.24, 2.45) is 0 Å². The molecule has 2 atom stereocenters. The van der Waals surface area contributed by atoms with Crippen LogP contribution in [0.2, 0.25) is 0 Å². The van der Waals surface area contributed by atoms with E-state index in [2.05, 4.69) is 16.6 Å². The highest BCUT2D eigenvalue weighted by Crippen LogP contribution is 2.17. The fourth-order valence-electron chi connectivity index (χ4n) is 3.05. The molecule has 0 bridgehead atoms. The first-order valence-corrected chi connectivity index (χ1v) is 12.2. The number of ether oxygens (including phenoxy) is 1. The Kier molecular flexibility index (Phi) is 10.9. The Bertz CT molecular complexity index is 762. The summed E-state index contributed by atoms with van der Waals surface area (Å²) in [7, 11) is -3.38. The number of alkyl halides is 1. The molecule has 9 heteroatoms. The number of sulfonamides is 1. The number of halogens is 1. The van der Waals surface area contributed by atoms with Gasteiger partial charge in [-0.05, 0) is 65.7 Å². The summed E-state index contributed by atoms with van der Waals surface area (Å²) in [5.41, 5.74) is 1.01. The number of nitrogens with zero attached hydrogens (tertiary/aromatic N) is 1. The van der Waals surface area contributed by atoms with E-state index in [4.69, 9.17) is 4.74 Å². The highest BCUT2D eigenvalue weighted by molar-refractivity contribution is 7.90. The molecule has 1 fully saturated rings. The molecule has 0 radical (unpaired) electrons. The molecule has 31 heavy (non-hydrogen) atoms. The van der Waals surface area contributed by atoms with Gasteiger partial charge in [-0.3, -0.25) is 4.79 Å².